The van der Waals surface area contributed by atoms with Crippen LogP contribution in [0.25, 0.3) is 27.5 Å². The minimum Gasteiger partial charge on any atom is -0.367 e. The molecule has 38 heavy (non-hydrogen) atoms. The summed E-state index contributed by atoms with van der Waals surface area (Å²) in [6.07, 6.45) is 5.67. The topological polar surface area (TPSA) is 105 Å². The minimum absolute atomic E-state index is 0.128. The summed E-state index contributed by atoms with van der Waals surface area (Å²) in [5.74, 6) is 0.566. The van der Waals surface area contributed by atoms with Crippen LogP contribution in [0.5, 0.6) is 0 Å². The largest absolute Gasteiger partial charge is 0.367 e. The van der Waals surface area contributed by atoms with E-state index in [0.717, 1.165) is 51.7 Å². The van der Waals surface area contributed by atoms with E-state index in [0.29, 0.717) is 27.4 Å². The number of halogens is 1. The lowest BCUT2D eigenvalue weighted by Gasteiger charge is -2.16. The van der Waals surface area contributed by atoms with Crippen molar-refractivity contribution in [2.75, 3.05) is 24.7 Å². The molecule has 1 fully saturated rings. The Balaban J connectivity index is 1.48. The molecule has 2 amide bonds. The first kappa shape index (κ1) is 24.6. The van der Waals surface area contributed by atoms with Crippen molar-refractivity contribution in [3.05, 3.63) is 58.4 Å². The van der Waals surface area contributed by atoms with E-state index in [1.807, 2.05) is 29.1 Å². The maximum absolute atomic E-state index is 12.5. The normalized spacial score (nSPS) is 14.0. The van der Waals surface area contributed by atoms with Crippen LogP contribution in [-0.2, 0) is 17.6 Å². The Kier molecular flexibility index (Phi) is 6.16. The molecule has 0 atom stereocenters. The van der Waals surface area contributed by atoms with Crippen LogP contribution >= 0.6 is 22.9 Å². The Morgan fingerprint density at radius 3 is 2.63 bits per heavy atom. The summed E-state index contributed by atoms with van der Waals surface area (Å²) in [5.41, 5.74) is 5.78. The summed E-state index contributed by atoms with van der Waals surface area (Å²) < 4.78 is 1.83. The van der Waals surface area contributed by atoms with Gasteiger partial charge in [0.2, 0.25) is 5.91 Å². The summed E-state index contributed by atoms with van der Waals surface area (Å²) in [5, 5.41) is 12.2. The number of aromatic nitrogens is 4. The lowest BCUT2D eigenvalue weighted by molar-refractivity contribution is -0.114. The molecule has 4 aromatic rings. The monoisotopic (exact) mass is 547 g/mol. The van der Waals surface area contributed by atoms with Gasteiger partial charge in [0.05, 0.1) is 32.7 Å². The number of nitrogens with one attached hydrogen (secondary N) is 2. The minimum atomic E-state index is -0.166. The lowest BCUT2D eigenvalue weighted by Crippen LogP contribution is -2.21. The van der Waals surface area contributed by atoms with Gasteiger partial charge in [-0.2, -0.15) is 5.10 Å². The maximum Gasteiger partial charge on any atom is 0.253 e. The SMILES string of the molecule is CC(=O)Nc1nc2c(s1)-c1c(c(-c3ccc(NC4CC4)nc3)nn1-c1ccc(C(=O)N(C)C)cc1Cl)CC2. The third kappa shape index (κ3) is 4.54. The standard InChI is InChI=1S/C27H26ClN7O2S/c1-14(36)30-27-32-20-9-8-18-23(16-5-11-22(29-13-16)31-17-6-7-17)33-35(24(18)25(20)38-27)21-10-4-15(12-19(21)28)26(37)34(2)3/h4-5,10-13,17H,6-9H2,1-3H3,(H,29,31)(H,30,32,36). The van der Waals surface area contributed by atoms with Crippen molar-refractivity contribution in [3.8, 4) is 27.5 Å². The van der Waals surface area contributed by atoms with Crippen LogP contribution < -0.4 is 10.6 Å². The average Bonchev–Trinajstić information content (AvgIpc) is 3.47. The average molecular weight is 548 g/mol. The molecule has 0 aliphatic heterocycles. The number of nitrogens with zero attached hydrogens (tertiary/aromatic N) is 5. The van der Waals surface area contributed by atoms with Gasteiger partial charge in [0.1, 0.15) is 5.82 Å². The molecule has 9 nitrogen and oxygen atoms in total. The Labute approximate surface area is 228 Å². The van der Waals surface area contributed by atoms with Crippen LogP contribution in [0.4, 0.5) is 10.9 Å². The van der Waals surface area contributed by atoms with Crippen molar-refractivity contribution in [1.82, 2.24) is 24.6 Å². The first-order chi connectivity index (χ1) is 18.3. The Morgan fingerprint density at radius 1 is 1.16 bits per heavy atom. The Hall–Kier alpha value is -3.76. The third-order valence-electron chi connectivity index (χ3n) is 6.59. The molecule has 2 aliphatic rings. The van der Waals surface area contributed by atoms with Crippen LogP contribution in [0.3, 0.4) is 0 Å². The zero-order valence-electron chi connectivity index (χ0n) is 21.2. The molecule has 2 N–H and O–H groups in total. The molecule has 0 unspecified atom stereocenters. The molecule has 2 aliphatic carbocycles. The van der Waals surface area contributed by atoms with E-state index in [4.69, 9.17) is 16.7 Å². The second-order valence-electron chi connectivity index (χ2n) is 9.78. The molecule has 3 aromatic heterocycles. The summed E-state index contributed by atoms with van der Waals surface area (Å²) in [7, 11) is 3.41. The Morgan fingerprint density at radius 2 is 1.97 bits per heavy atom. The highest BCUT2D eigenvalue weighted by molar-refractivity contribution is 7.19. The van der Waals surface area contributed by atoms with E-state index in [1.54, 1.807) is 26.2 Å². The number of rotatable bonds is 6. The molecule has 0 radical (unpaired) electrons. The number of amides is 2. The van der Waals surface area contributed by atoms with Crippen LogP contribution in [0.2, 0.25) is 5.02 Å². The van der Waals surface area contributed by atoms with Crippen molar-refractivity contribution < 1.29 is 9.59 Å². The molecule has 0 bridgehead atoms. The molecule has 0 spiro atoms. The number of carbonyl (C=O) groups is 2. The number of thiazole rings is 1. The molecule has 3 heterocycles. The zero-order valence-corrected chi connectivity index (χ0v) is 22.8. The van der Waals surface area contributed by atoms with E-state index >= 15 is 0 Å². The van der Waals surface area contributed by atoms with E-state index in [2.05, 4.69) is 20.6 Å². The Bertz CT molecular complexity index is 1570. The molecular formula is C27H26ClN7O2S. The van der Waals surface area contributed by atoms with Gasteiger partial charge in [0, 0.05) is 49.9 Å². The molecule has 6 rings (SSSR count). The number of hydrogen-bond donors (Lipinski definition) is 2. The van der Waals surface area contributed by atoms with E-state index in [-0.39, 0.29) is 11.8 Å². The summed E-state index contributed by atoms with van der Waals surface area (Å²) in [4.78, 5) is 36.0. The van der Waals surface area contributed by atoms with Crippen molar-refractivity contribution in [2.24, 2.45) is 0 Å². The van der Waals surface area contributed by atoms with Gasteiger partial charge in [-0.15, -0.1) is 0 Å². The van der Waals surface area contributed by atoms with Crippen molar-refractivity contribution in [2.45, 2.75) is 38.6 Å². The fourth-order valence-electron chi connectivity index (χ4n) is 4.61. The number of hydrogen-bond acceptors (Lipinski definition) is 7. The van der Waals surface area contributed by atoms with Gasteiger partial charge < -0.3 is 15.5 Å². The van der Waals surface area contributed by atoms with Crippen molar-refractivity contribution >= 4 is 45.7 Å². The number of carbonyl (C=O) groups excluding carboxylic acids is 2. The molecule has 1 saturated carbocycles. The van der Waals surface area contributed by atoms with Crippen LogP contribution in [0.1, 0.15) is 41.4 Å². The molecule has 0 saturated heterocycles. The summed E-state index contributed by atoms with van der Waals surface area (Å²) >= 11 is 8.19. The first-order valence-corrected chi connectivity index (χ1v) is 13.6. The highest BCUT2D eigenvalue weighted by Gasteiger charge is 2.31. The van der Waals surface area contributed by atoms with Crippen molar-refractivity contribution in [1.29, 1.82) is 0 Å². The molecule has 11 heteroatoms. The predicted molar refractivity (Wildman–Crippen MR) is 149 cm³/mol. The summed E-state index contributed by atoms with van der Waals surface area (Å²) in [6, 6.07) is 9.80. The van der Waals surface area contributed by atoms with Gasteiger partial charge in [0.25, 0.3) is 5.91 Å². The van der Waals surface area contributed by atoms with E-state index in [9.17, 15) is 9.59 Å². The number of aryl methyl sites for hydroxylation is 1. The second kappa shape index (κ2) is 9.52. The first-order valence-electron chi connectivity index (χ1n) is 12.4. The van der Waals surface area contributed by atoms with Crippen LogP contribution in [0.15, 0.2) is 36.5 Å². The quantitative estimate of drug-likeness (QED) is 0.350. The van der Waals surface area contributed by atoms with E-state index in [1.165, 1.54) is 36.0 Å². The van der Waals surface area contributed by atoms with Crippen LogP contribution in [-0.4, -0.2) is 56.6 Å². The van der Waals surface area contributed by atoms with E-state index < -0.39 is 0 Å². The van der Waals surface area contributed by atoms with Crippen LogP contribution in [0, 0.1) is 0 Å². The third-order valence-corrected chi connectivity index (χ3v) is 7.91. The highest BCUT2D eigenvalue weighted by atomic mass is 35.5. The number of pyridine rings is 1. The number of benzene rings is 1. The number of anilines is 2. The molecule has 194 valence electrons. The zero-order chi connectivity index (χ0) is 26.6. The van der Waals surface area contributed by atoms with Gasteiger partial charge in [-0.1, -0.05) is 22.9 Å². The number of fused-ring (bicyclic) bond motifs is 3. The summed E-state index contributed by atoms with van der Waals surface area (Å²) in [6.45, 7) is 1.47. The smallest absolute Gasteiger partial charge is 0.253 e. The fourth-order valence-corrected chi connectivity index (χ4v) is 5.98. The maximum atomic E-state index is 12.5. The highest BCUT2D eigenvalue weighted by Crippen LogP contribution is 2.45. The van der Waals surface area contributed by atoms with Crippen molar-refractivity contribution in [3.63, 3.8) is 0 Å². The second-order valence-corrected chi connectivity index (χ2v) is 11.2. The van der Waals surface area contributed by atoms with Gasteiger partial charge in [0.15, 0.2) is 5.13 Å². The molecule has 1 aromatic carbocycles. The van der Waals surface area contributed by atoms with Gasteiger partial charge in [-0.25, -0.2) is 14.6 Å². The fraction of sp³-hybridized carbons (Fsp3) is 0.296. The van der Waals surface area contributed by atoms with Gasteiger partial charge in [-0.05, 0) is 56.0 Å². The van der Waals surface area contributed by atoms with Gasteiger partial charge in [-0.3, -0.25) is 9.59 Å². The molecular weight excluding hydrogens is 522 g/mol. The van der Waals surface area contributed by atoms with Gasteiger partial charge >= 0.3 is 0 Å². The predicted octanol–water partition coefficient (Wildman–Crippen LogP) is 5.04. The lowest BCUT2D eigenvalue weighted by atomic mass is 9.95.